The number of benzene rings is 1. The van der Waals surface area contributed by atoms with Crippen molar-refractivity contribution in [2.24, 2.45) is 0 Å². The predicted molar refractivity (Wildman–Crippen MR) is 108 cm³/mol. The van der Waals surface area contributed by atoms with Crippen LogP contribution >= 0.6 is 22.7 Å². The van der Waals surface area contributed by atoms with Gasteiger partial charge in [0.1, 0.15) is 11.5 Å². The maximum atomic E-state index is 12.4. The fraction of sp³-hybridized carbons (Fsp3) is 0.211. The van der Waals surface area contributed by atoms with Crippen molar-refractivity contribution in [3.63, 3.8) is 0 Å². The summed E-state index contributed by atoms with van der Waals surface area (Å²) in [7, 11) is 0. The Labute approximate surface area is 163 Å². The Morgan fingerprint density at radius 2 is 2.15 bits per heavy atom. The van der Waals surface area contributed by atoms with Gasteiger partial charge in [0.25, 0.3) is 0 Å². The van der Waals surface area contributed by atoms with Gasteiger partial charge in [-0.2, -0.15) is 0 Å². The Balaban J connectivity index is 1.43. The van der Waals surface area contributed by atoms with Crippen LogP contribution in [0, 0.1) is 6.92 Å². The second kappa shape index (κ2) is 7.50. The minimum Gasteiger partial charge on any atom is -0.494 e. The van der Waals surface area contributed by atoms with E-state index in [-0.39, 0.29) is 12.3 Å². The van der Waals surface area contributed by atoms with Crippen LogP contribution in [0.1, 0.15) is 18.4 Å². The first-order valence-electron chi connectivity index (χ1n) is 8.45. The second-order valence-electron chi connectivity index (χ2n) is 5.86. The van der Waals surface area contributed by atoms with Crippen molar-refractivity contribution in [1.29, 1.82) is 0 Å². The maximum absolute atomic E-state index is 12.4. The topological polar surface area (TPSA) is 77.2 Å². The first-order chi connectivity index (χ1) is 13.1. The molecule has 0 saturated heterocycles. The fourth-order valence-corrected chi connectivity index (χ4v) is 4.28. The highest BCUT2D eigenvalue weighted by atomic mass is 32.1. The summed E-state index contributed by atoms with van der Waals surface area (Å²) in [5.74, 6) is 2.21. The number of fused-ring (bicyclic) bond motifs is 1. The molecule has 0 fully saturated rings. The normalized spacial score (nSPS) is 11.0. The summed E-state index contributed by atoms with van der Waals surface area (Å²) in [5, 5.41) is 6.07. The molecule has 1 N–H and O–H groups in total. The van der Waals surface area contributed by atoms with E-state index in [2.05, 4.69) is 15.3 Å². The first kappa shape index (κ1) is 17.7. The molecule has 1 amide bonds. The van der Waals surface area contributed by atoms with Crippen LogP contribution in [0.4, 0.5) is 5.13 Å². The number of furan rings is 1. The average Bonchev–Trinajstić information content (AvgIpc) is 3.34. The predicted octanol–water partition coefficient (Wildman–Crippen LogP) is 4.90. The third-order valence-corrected chi connectivity index (χ3v) is 5.60. The molecule has 0 unspecified atom stereocenters. The number of hydrogen-bond donors (Lipinski definition) is 1. The molecule has 138 valence electrons. The van der Waals surface area contributed by atoms with Crippen molar-refractivity contribution in [2.75, 3.05) is 11.9 Å². The molecule has 3 heterocycles. The zero-order valence-electron chi connectivity index (χ0n) is 14.8. The summed E-state index contributed by atoms with van der Waals surface area (Å²) in [6, 6.07) is 9.49. The van der Waals surface area contributed by atoms with Crippen LogP contribution in [0.3, 0.4) is 0 Å². The highest BCUT2D eigenvalue weighted by Gasteiger charge is 2.13. The molecule has 1 aromatic carbocycles. The molecule has 4 rings (SSSR count). The third kappa shape index (κ3) is 4.01. The van der Waals surface area contributed by atoms with E-state index in [0.29, 0.717) is 17.4 Å². The van der Waals surface area contributed by atoms with Crippen LogP contribution in [0.25, 0.3) is 21.0 Å². The van der Waals surface area contributed by atoms with Crippen LogP contribution in [-0.4, -0.2) is 22.5 Å². The van der Waals surface area contributed by atoms with E-state index in [1.165, 1.54) is 22.7 Å². The summed E-state index contributed by atoms with van der Waals surface area (Å²) in [6.45, 7) is 4.45. The van der Waals surface area contributed by atoms with Crippen LogP contribution < -0.4 is 10.1 Å². The summed E-state index contributed by atoms with van der Waals surface area (Å²) in [6.07, 6.45) is 0.191. The number of nitrogens with one attached hydrogen (secondary N) is 1. The van der Waals surface area contributed by atoms with Crippen molar-refractivity contribution >= 4 is 43.9 Å². The lowest BCUT2D eigenvalue weighted by molar-refractivity contribution is -0.115. The first-order valence-corrected chi connectivity index (χ1v) is 10.1. The van der Waals surface area contributed by atoms with E-state index in [1.54, 1.807) is 0 Å². The average molecular weight is 399 g/mol. The van der Waals surface area contributed by atoms with Gasteiger partial charge in [0.05, 0.1) is 28.9 Å². The number of aryl methyl sites for hydroxylation is 1. The van der Waals surface area contributed by atoms with Crippen LogP contribution in [0.15, 0.2) is 40.1 Å². The standard InChI is InChI=1S/C19H17N3O3S2/c1-3-24-13-5-6-14-16(9-13)27-19(21-14)22-17(23)8-12-10-26-18(20-12)15-7-4-11(2)25-15/h4-7,9-10H,3,8H2,1-2H3,(H,21,22,23). The number of thiazole rings is 2. The minimum atomic E-state index is -0.147. The molecule has 0 radical (unpaired) electrons. The van der Waals surface area contributed by atoms with Gasteiger partial charge in [-0.25, -0.2) is 9.97 Å². The van der Waals surface area contributed by atoms with Crippen molar-refractivity contribution in [1.82, 2.24) is 9.97 Å². The van der Waals surface area contributed by atoms with Gasteiger partial charge in [0.15, 0.2) is 15.9 Å². The van der Waals surface area contributed by atoms with E-state index in [4.69, 9.17) is 9.15 Å². The molecule has 3 aromatic heterocycles. The second-order valence-corrected chi connectivity index (χ2v) is 7.75. The van der Waals surface area contributed by atoms with Crippen LogP contribution in [0.5, 0.6) is 5.75 Å². The van der Waals surface area contributed by atoms with E-state index < -0.39 is 0 Å². The number of carbonyl (C=O) groups is 1. The Morgan fingerprint density at radius 1 is 1.26 bits per heavy atom. The number of rotatable bonds is 6. The van der Waals surface area contributed by atoms with Gasteiger partial charge >= 0.3 is 0 Å². The fourth-order valence-electron chi connectivity index (χ4n) is 2.59. The minimum absolute atomic E-state index is 0.147. The molecule has 0 bridgehead atoms. The number of anilines is 1. The van der Waals surface area contributed by atoms with Crippen LogP contribution in [0.2, 0.25) is 0 Å². The van der Waals surface area contributed by atoms with E-state index in [9.17, 15) is 4.79 Å². The molecular weight excluding hydrogens is 382 g/mol. The van der Waals surface area contributed by atoms with Gasteiger partial charge in [0, 0.05) is 5.38 Å². The molecule has 4 aromatic rings. The van der Waals surface area contributed by atoms with E-state index >= 15 is 0 Å². The molecule has 0 aliphatic rings. The quantitative estimate of drug-likeness (QED) is 0.499. The maximum Gasteiger partial charge on any atom is 0.232 e. The molecular formula is C19H17N3O3S2. The Bertz CT molecular complexity index is 1100. The number of carbonyl (C=O) groups excluding carboxylic acids is 1. The molecule has 0 saturated carbocycles. The molecule has 0 spiro atoms. The molecule has 8 heteroatoms. The lowest BCUT2D eigenvalue weighted by Gasteiger charge is -2.00. The Kier molecular flexibility index (Phi) is 4.91. The van der Waals surface area contributed by atoms with E-state index in [1.807, 2.05) is 49.6 Å². The van der Waals surface area contributed by atoms with Gasteiger partial charge in [-0.1, -0.05) is 11.3 Å². The molecule has 0 atom stereocenters. The van der Waals surface area contributed by atoms with E-state index in [0.717, 1.165) is 32.5 Å². The van der Waals surface area contributed by atoms with Crippen molar-refractivity contribution in [2.45, 2.75) is 20.3 Å². The Hall–Kier alpha value is -2.71. The van der Waals surface area contributed by atoms with Gasteiger partial charge in [-0.15, -0.1) is 11.3 Å². The van der Waals surface area contributed by atoms with Gasteiger partial charge in [-0.05, 0) is 44.2 Å². The van der Waals surface area contributed by atoms with Crippen molar-refractivity contribution in [3.05, 3.63) is 47.2 Å². The summed E-state index contributed by atoms with van der Waals surface area (Å²) in [5.41, 5.74) is 1.55. The summed E-state index contributed by atoms with van der Waals surface area (Å²) >= 11 is 2.89. The number of ether oxygens (including phenoxy) is 1. The zero-order valence-corrected chi connectivity index (χ0v) is 16.4. The molecule has 6 nitrogen and oxygen atoms in total. The van der Waals surface area contributed by atoms with Gasteiger partial charge < -0.3 is 14.5 Å². The molecule has 27 heavy (non-hydrogen) atoms. The van der Waals surface area contributed by atoms with Gasteiger partial charge in [-0.3, -0.25) is 4.79 Å². The van der Waals surface area contributed by atoms with Gasteiger partial charge in [0.2, 0.25) is 5.91 Å². The van der Waals surface area contributed by atoms with Crippen molar-refractivity contribution in [3.8, 4) is 16.5 Å². The summed E-state index contributed by atoms with van der Waals surface area (Å²) in [4.78, 5) is 21.3. The number of nitrogens with zero attached hydrogens (tertiary/aromatic N) is 2. The zero-order chi connectivity index (χ0) is 18.8. The Morgan fingerprint density at radius 3 is 2.93 bits per heavy atom. The number of amides is 1. The molecule has 0 aliphatic heterocycles. The lowest BCUT2D eigenvalue weighted by atomic mass is 10.3. The third-order valence-electron chi connectivity index (χ3n) is 3.76. The smallest absolute Gasteiger partial charge is 0.232 e. The SMILES string of the molecule is CCOc1ccc2nc(NC(=O)Cc3csc(-c4ccc(C)o4)n3)sc2c1. The largest absolute Gasteiger partial charge is 0.494 e. The monoisotopic (exact) mass is 399 g/mol. The number of aromatic nitrogens is 2. The summed E-state index contributed by atoms with van der Waals surface area (Å²) < 4.78 is 12.0. The highest BCUT2D eigenvalue weighted by Crippen LogP contribution is 2.30. The van der Waals surface area contributed by atoms with Crippen LogP contribution in [-0.2, 0) is 11.2 Å². The highest BCUT2D eigenvalue weighted by molar-refractivity contribution is 7.22. The molecule has 0 aliphatic carbocycles. The lowest BCUT2D eigenvalue weighted by Crippen LogP contribution is -2.14. The van der Waals surface area contributed by atoms with Crippen molar-refractivity contribution < 1.29 is 13.9 Å². The number of hydrogen-bond acceptors (Lipinski definition) is 7.